The van der Waals surface area contributed by atoms with E-state index >= 15 is 0 Å². The summed E-state index contributed by atoms with van der Waals surface area (Å²) in [6.45, 7) is 7.02. The van der Waals surface area contributed by atoms with Crippen molar-refractivity contribution >= 4 is 0 Å². The van der Waals surface area contributed by atoms with Gasteiger partial charge in [-0.25, -0.2) is 0 Å². The molecule has 1 aromatic rings. The lowest BCUT2D eigenvalue weighted by Crippen LogP contribution is -2.50. The molecule has 2 heterocycles. The first-order chi connectivity index (χ1) is 8.08. The fourth-order valence-corrected chi connectivity index (χ4v) is 2.02. The molecule has 1 fully saturated rings. The van der Waals surface area contributed by atoms with E-state index in [2.05, 4.69) is 36.3 Å². The SMILES string of the molecule is CC(C)(CNCC1(C#N)COC1)c1ccc[nH]1. The van der Waals surface area contributed by atoms with E-state index in [0.29, 0.717) is 19.8 Å². The fourth-order valence-electron chi connectivity index (χ4n) is 2.02. The van der Waals surface area contributed by atoms with E-state index in [1.54, 1.807) is 0 Å². The summed E-state index contributed by atoms with van der Waals surface area (Å²) in [5.41, 5.74) is 0.956. The first kappa shape index (κ1) is 12.2. The van der Waals surface area contributed by atoms with Crippen LogP contribution < -0.4 is 5.32 Å². The van der Waals surface area contributed by atoms with Crippen LogP contribution in [0.3, 0.4) is 0 Å². The molecule has 0 radical (unpaired) electrons. The van der Waals surface area contributed by atoms with Crippen LogP contribution in [0.2, 0.25) is 0 Å². The molecule has 1 saturated heterocycles. The summed E-state index contributed by atoms with van der Waals surface area (Å²) < 4.78 is 5.12. The average molecular weight is 233 g/mol. The third-order valence-electron chi connectivity index (χ3n) is 3.35. The molecule has 1 aromatic heterocycles. The Labute approximate surface area is 102 Å². The summed E-state index contributed by atoms with van der Waals surface area (Å²) in [4.78, 5) is 3.24. The second kappa shape index (κ2) is 4.52. The van der Waals surface area contributed by atoms with Crippen molar-refractivity contribution in [3.63, 3.8) is 0 Å². The highest BCUT2D eigenvalue weighted by Gasteiger charge is 2.39. The smallest absolute Gasteiger partial charge is 0.116 e. The largest absolute Gasteiger partial charge is 0.378 e. The van der Waals surface area contributed by atoms with Gasteiger partial charge in [-0.05, 0) is 12.1 Å². The number of nitriles is 1. The van der Waals surface area contributed by atoms with Gasteiger partial charge in [-0.2, -0.15) is 5.26 Å². The van der Waals surface area contributed by atoms with Gasteiger partial charge in [0.1, 0.15) is 5.41 Å². The molecule has 0 unspecified atom stereocenters. The van der Waals surface area contributed by atoms with Gasteiger partial charge < -0.3 is 15.0 Å². The number of hydrogen-bond donors (Lipinski definition) is 2. The molecule has 4 heteroatoms. The van der Waals surface area contributed by atoms with Gasteiger partial charge in [0.2, 0.25) is 0 Å². The number of nitrogens with zero attached hydrogens (tertiary/aromatic N) is 1. The zero-order valence-corrected chi connectivity index (χ0v) is 10.4. The van der Waals surface area contributed by atoms with Crippen LogP contribution in [-0.2, 0) is 10.2 Å². The molecule has 0 amide bonds. The van der Waals surface area contributed by atoms with Crippen molar-refractivity contribution in [2.24, 2.45) is 5.41 Å². The van der Waals surface area contributed by atoms with Gasteiger partial charge in [0.05, 0.1) is 19.3 Å². The van der Waals surface area contributed by atoms with Crippen LogP contribution in [0.5, 0.6) is 0 Å². The summed E-state index contributed by atoms with van der Waals surface area (Å²) >= 11 is 0. The number of rotatable bonds is 5. The molecule has 4 nitrogen and oxygen atoms in total. The van der Waals surface area contributed by atoms with Crippen LogP contribution in [0.1, 0.15) is 19.5 Å². The van der Waals surface area contributed by atoms with Crippen molar-refractivity contribution in [3.05, 3.63) is 24.0 Å². The average Bonchev–Trinajstić information content (AvgIpc) is 2.76. The first-order valence-corrected chi connectivity index (χ1v) is 5.92. The van der Waals surface area contributed by atoms with Gasteiger partial charge in [-0.15, -0.1) is 0 Å². The number of ether oxygens (including phenoxy) is 1. The van der Waals surface area contributed by atoms with Gasteiger partial charge in [0.15, 0.2) is 0 Å². The number of H-pyrrole nitrogens is 1. The van der Waals surface area contributed by atoms with Gasteiger partial charge in [0, 0.05) is 30.4 Å². The quantitative estimate of drug-likeness (QED) is 0.808. The lowest BCUT2D eigenvalue weighted by Gasteiger charge is -2.36. The molecule has 0 aliphatic carbocycles. The molecule has 1 aliphatic rings. The highest BCUT2D eigenvalue weighted by Crippen LogP contribution is 2.26. The summed E-state index contributed by atoms with van der Waals surface area (Å²) in [5.74, 6) is 0. The summed E-state index contributed by atoms with van der Waals surface area (Å²) in [7, 11) is 0. The topological polar surface area (TPSA) is 60.8 Å². The number of nitrogens with one attached hydrogen (secondary N) is 2. The number of hydrogen-bond acceptors (Lipinski definition) is 3. The molecule has 0 spiro atoms. The Morgan fingerprint density at radius 3 is 2.82 bits per heavy atom. The van der Waals surface area contributed by atoms with Crippen LogP contribution >= 0.6 is 0 Å². The molecule has 92 valence electrons. The fraction of sp³-hybridized carbons (Fsp3) is 0.615. The van der Waals surface area contributed by atoms with E-state index in [1.165, 1.54) is 5.69 Å². The Hall–Kier alpha value is -1.31. The molecule has 0 bridgehead atoms. The van der Waals surface area contributed by atoms with Gasteiger partial charge in [-0.3, -0.25) is 0 Å². The van der Waals surface area contributed by atoms with Crippen LogP contribution in [0.15, 0.2) is 18.3 Å². The van der Waals surface area contributed by atoms with Crippen molar-refractivity contribution in [3.8, 4) is 6.07 Å². The van der Waals surface area contributed by atoms with Gasteiger partial charge in [0.25, 0.3) is 0 Å². The van der Waals surface area contributed by atoms with E-state index < -0.39 is 0 Å². The minimum Gasteiger partial charge on any atom is -0.378 e. The normalized spacial score (nSPS) is 18.4. The Balaban J connectivity index is 1.84. The van der Waals surface area contributed by atoms with E-state index in [4.69, 9.17) is 10.00 Å². The Morgan fingerprint density at radius 1 is 1.59 bits per heavy atom. The van der Waals surface area contributed by atoms with E-state index in [0.717, 1.165) is 6.54 Å². The monoisotopic (exact) mass is 233 g/mol. The molecule has 0 atom stereocenters. The summed E-state index contributed by atoms with van der Waals surface area (Å²) in [5, 5.41) is 12.5. The van der Waals surface area contributed by atoms with Crippen LogP contribution in [-0.4, -0.2) is 31.3 Å². The molecular formula is C13H19N3O. The standard InChI is InChI=1S/C13H19N3O/c1-12(2,11-4-3-5-16-11)7-15-8-13(6-14)9-17-10-13/h3-5,15-16H,7-10H2,1-2H3. The Bertz CT molecular complexity index is 399. The maximum Gasteiger partial charge on any atom is 0.116 e. The minimum atomic E-state index is -0.300. The second-order valence-corrected chi connectivity index (χ2v) is 5.46. The van der Waals surface area contributed by atoms with E-state index in [1.807, 2.05) is 12.3 Å². The Morgan fingerprint density at radius 2 is 2.35 bits per heavy atom. The van der Waals surface area contributed by atoms with Gasteiger partial charge in [-0.1, -0.05) is 13.8 Å². The highest BCUT2D eigenvalue weighted by molar-refractivity contribution is 5.16. The predicted molar refractivity (Wildman–Crippen MR) is 65.6 cm³/mol. The molecule has 0 saturated carbocycles. The molecule has 1 aliphatic heterocycles. The van der Waals surface area contributed by atoms with E-state index in [-0.39, 0.29) is 10.8 Å². The Kier molecular flexibility index (Phi) is 3.23. The van der Waals surface area contributed by atoms with Crippen molar-refractivity contribution in [1.82, 2.24) is 10.3 Å². The number of aromatic nitrogens is 1. The lowest BCUT2D eigenvalue weighted by atomic mass is 9.86. The van der Waals surface area contributed by atoms with Crippen molar-refractivity contribution in [1.29, 1.82) is 5.26 Å². The third kappa shape index (κ3) is 2.51. The molecule has 2 rings (SSSR count). The van der Waals surface area contributed by atoms with E-state index in [9.17, 15) is 0 Å². The predicted octanol–water partition coefficient (Wildman–Crippen LogP) is 1.42. The minimum absolute atomic E-state index is 0.0464. The van der Waals surface area contributed by atoms with Crippen molar-refractivity contribution in [2.75, 3.05) is 26.3 Å². The first-order valence-electron chi connectivity index (χ1n) is 5.92. The van der Waals surface area contributed by atoms with Gasteiger partial charge >= 0.3 is 0 Å². The maximum atomic E-state index is 9.07. The molecule has 17 heavy (non-hydrogen) atoms. The van der Waals surface area contributed by atoms with Crippen LogP contribution in [0, 0.1) is 16.7 Å². The van der Waals surface area contributed by atoms with Crippen molar-refractivity contribution in [2.45, 2.75) is 19.3 Å². The number of aromatic amines is 1. The lowest BCUT2D eigenvalue weighted by molar-refractivity contribution is -0.0757. The zero-order valence-electron chi connectivity index (χ0n) is 10.4. The maximum absolute atomic E-state index is 9.07. The molecule has 2 N–H and O–H groups in total. The molecule has 0 aromatic carbocycles. The highest BCUT2D eigenvalue weighted by atomic mass is 16.5. The van der Waals surface area contributed by atoms with Crippen LogP contribution in [0.4, 0.5) is 0 Å². The second-order valence-electron chi connectivity index (χ2n) is 5.46. The molecular weight excluding hydrogens is 214 g/mol. The van der Waals surface area contributed by atoms with Crippen LogP contribution in [0.25, 0.3) is 0 Å². The summed E-state index contributed by atoms with van der Waals surface area (Å²) in [6, 6.07) is 6.44. The third-order valence-corrected chi connectivity index (χ3v) is 3.35. The summed E-state index contributed by atoms with van der Waals surface area (Å²) in [6.07, 6.45) is 1.94. The zero-order chi connectivity index (χ0) is 12.4. The van der Waals surface area contributed by atoms with Crippen molar-refractivity contribution < 1.29 is 4.74 Å².